The van der Waals surface area contributed by atoms with Gasteiger partial charge in [0.15, 0.2) is 0 Å². The topological polar surface area (TPSA) is 56.5 Å². The molecule has 0 spiro atoms. The van der Waals surface area contributed by atoms with Crippen molar-refractivity contribution in [1.82, 2.24) is 9.66 Å². The monoisotopic (exact) mass is 533 g/mol. The van der Waals surface area contributed by atoms with Crippen LogP contribution in [0.15, 0.2) is 55.2 Å². The first-order valence-electron chi connectivity index (χ1n) is 10.1. The van der Waals surface area contributed by atoms with Crippen LogP contribution in [0.3, 0.4) is 0 Å². The van der Waals surface area contributed by atoms with E-state index in [1.807, 2.05) is 37.3 Å². The summed E-state index contributed by atoms with van der Waals surface area (Å²) in [4.78, 5) is 17.9. The molecule has 3 rings (SSSR count). The van der Waals surface area contributed by atoms with Crippen molar-refractivity contribution in [3.63, 3.8) is 0 Å². The van der Waals surface area contributed by atoms with Gasteiger partial charge < -0.3 is 4.74 Å². The van der Waals surface area contributed by atoms with E-state index in [2.05, 4.69) is 50.8 Å². The van der Waals surface area contributed by atoms with Crippen LogP contribution < -0.4 is 10.3 Å². The standard InChI is InChI=1S/C23H25Br2N3O2/c1-4-6-7-22-27-20-10-8-18(25)13-19(20)23(29)28(22)26-14-16-12-17(24)9-11-21(16)30-15(3)5-2/h8-15H,4-7H2,1-3H3/t15-/m1/s1. The molecule has 0 amide bonds. The molecule has 0 saturated heterocycles. The Morgan fingerprint density at radius 3 is 2.63 bits per heavy atom. The number of hydrogen-bond donors (Lipinski definition) is 0. The molecule has 1 atom stereocenters. The van der Waals surface area contributed by atoms with Crippen molar-refractivity contribution < 1.29 is 4.74 Å². The Labute approximate surface area is 193 Å². The third kappa shape index (κ3) is 5.38. The molecule has 30 heavy (non-hydrogen) atoms. The summed E-state index contributed by atoms with van der Waals surface area (Å²) in [5, 5.41) is 5.08. The van der Waals surface area contributed by atoms with Crippen LogP contribution in [0.5, 0.6) is 5.75 Å². The number of unbranched alkanes of at least 4 members (excludes halogenated alkanes) is 1. The van der Waals surface area contributed by atoms with E-state index < -0.39 is 0 Å². The van der Waals surface area contributed by atoms with Gasteiger partial charge in [-0.05, 0) is 56.2 Å². The van der Waals surface area contributed by atoms with Crippen LogP contribution in [-0.4, -0.2) is 22.0 Å². The third-order valence-corrected chi connectivity index (χ3v) is 5.80. The van der Waals surface area contributed by atoms with E-state index in [0.29, 0.717) is 23.1 Å². The van der Waals surface area contributed by atoms with Crippen molar-refractivity contribution in [2.24, 2.45) is 5.10 Å². The second kappa shape index (κ2) is 10.4. The lowest BCUT2D eigenvalue weighted by Gasteiger charge is -2.15. The lowest BCUT2D eigenvalue weighted by atomic mass is 10.2. The quantitative estimate of drug-likeness (QED) is 0.317. The summed E-state index contributed by atoms with van der Waals surface area (Å²) < 4.78 is 9.19. The van der Waals surface area contributed by atoms with Gasteiger partial charge in [0.2, 0.25) is 0 Å². The normalized spacial score (nSPS) is 12.6. The number of hydrogen-bond acceptors (Lipinski definition) is 4. The minimum Gasteiger partial charge on any atom is -0.490 e. The SMILES string of the molecule is CCCCc1nc2ccc(Br)cc2c(=O)n1N=Cc1cc(Br)ccc1O[C@H](C)CC. The molecule has 0 radical (unpaired) electrons. The van der Waals surface area contributed by atoms with Crippen LogP contribution in [0.25, 0.3) is 10.9 Å². The number of aromatic nitrogens is 2. The van der Waals surface area contributed by atoms with E-state index in [-0.39, 0.29) is 11.7 Å². The summed E-state index contributed by atoms with van der Waals surface area (Å²) in [5.74, 6) is 1.39. The summed E-state index contributed by atoms with van der Waals surface area (Å²) in [6.45, 7) is 6.22. The Bertz CT molecular complexity index is 1130. The molecule has 3 aromatic rings. The molecular weight excluding hydrogens is 510 g/mol. The molecule has 0 aliphatic carbocycles. The second-order valence-electron chi connectivity index (χ2n) is 7.17. The highest BCUT2D eigenvalue weighted by Crippen LogP contribution is 2.24. The van der Waals surface area contributed by atoms with Gasteiger partial charge in [-0.15, -0.1) is 0 Å². The van der Waals surface area contributed by atoms with Crippen molar-refractivity contribution in [2.75, 3.05) is 0 Å². The summed E-state index contributed by atoms with van der Waals surface area (Å²) in [7, 11) is 0. The number of rotatable bonds is 8. The molecule has 0 fully saturated rings. The number of halogens is 2. The fraction of sp³-hybridized carbons (Fsp3) is 0.348. The Balaban J connectivity index is 2.10. The molecule has 0 aliphatic rings. The molecular formula is C23H25Br2N3O2. The molecule has 1 heterocycles. The van der Waals surface area contributed by atoms with Gasteiger partial charge in [0.1, 0.15) is 11.6 Å². The number of benzene rings is 2. The smallest absolute Gasteiger partial charge is 0.282 e. The Hall–Kier alpha value is -1.99. The zero-order valence-corrected chi connectivity index (χ0v) is 20.5. The number of fused-ring (bicyclic) bond motifs is 1. The maximum Gasteiger partial charge on any atom is 0.282 e. The van der Waals surface area contributed by atoms with Gasteiger partial charge >= 0.3 is 0 Å². The lowest BCUT2D eigenvalue weighted by molar-refractivity contribution is 0.217. The van der Waals surface area contributed by atoms with Crippen LogP contribution in [0.4, 0.5) is 0 Å². The maximum absolute atomic E-state index is 13.2. The van der Waals surface area contributed by atoms with Crippen LogP contribution >= 0.6 is 31.9 Å². The van der Waals surface area contributed by atoms with Gasteiger partial charge in [0, 0.05) is 20.9 Å². The summed E-state index contributed by atoms with van der Waals surface area (Å²) in [6, 6.07) is 11.3. The van der Waals surface area contributed by atoms with Crippen molar-refractivity contribution in [1.29, 1.82) is 0 Å². The molecule has 158 valence electrons. The zero-order valence-electron chi connectivity index (χ0n) is 17.4. The van der Waals surface area contributed by atoms with Crippen LogP contribution in [-0.2, 0) is 6.42 Å². The van der Waals surface area contributed by atoms with Gasteiger partial charge in [-0.2, -0.15) is 9.78 Å². The lowest BCUT2D eigenvalue weighted by Crippen LogP contribution is -2.22. The van der Waals surface area contributed by atoms with Crippen molar-refractivity contribution in [2.45, 2.75) is 52.6 Å². The predicted molar refractivity (Wildman–Crippen MR) is 130 cm³/mol. The largest absolute Gasteiger partial charge is 0.490 e. The highest BCUT2D eigenvalue weighted by atomic mass is 79.9. The minimum atomic E-state index is -0.178. The Morgan fingerprint density at radius 2 is 1.90 bits per heavy atom. The van der Waals surface area contributed by atoms with Crippen LogP contribution in [0, 0.1) is 0 Å². The molecule has 1 aromatic heterocycles. The predicted octanol–water partition coefficient (Wildman–Crippen LogP) is 6.32. The molecule has 0 bridgehead atoms. The van der Waals surface area contributed by atoms with E-state index in [0.717, 1.165) is 39.5 Å². The van der Waals surface area contributed by atoms with E-state index in [1.54, 1.807) is 12.3 Å². The minimum absolute atomic E-state index is 0.0841. The summed E-state index contributed by atoms with van der Waals surface area (Å²) >= 11 is 6.94. The number of nitrogens with zero attached hydrogens (tertiary/aromatic N) is 3. The average Bonchev–Trinajstić information content (AvgIpc) is 2.73. The van der Waals surface area contributed by atoms with Gasteiger partial charge in [-0.25, -0.2) is 4.98 Å². The molecule has 0 saturated carbocycles. The fourth-order valence-electron chi connectivity index (χ4n) is 2.96. The molecule has 5 nitrogen and oxygen atoms in total. The van der Waals surface area contributed by atoms with E-state index in [9.17, 15) is 4.79 Å². The molecule has 0 unspecified atom stereocenters. The molecule has 7 heteroatoms. The van der Waals surface area contributed by atoms with Crippen LogP contribution in [0.1, 0.15) is 51.4 Å². The molecule has 2 aromatic carbocycles. The summed E-state index contributed by atoms with van der Waals surface area (Å²) in [5.41, 5.74) is 1.31. The highest BCUT2D eigenvalue weighted by molar-refractivity contribution is 9.10. The maximum atomic E-state index is 13.2. The van der Waals surface area contributed by atoms with E-state index >= 15 is 0 Å². The number of ether oxygens (including phenoxy) is 1. The first kappa shape index (κ1) is 22.7. The average molecular weight is 535 g/mol. The summed E-state index contributed by atoms with van der Waals surface area (Å²) in [6.07, 6.45) is 5.28. The van der Waals surface area contributed by atoms with Gasteiger partial charge in [-0.1, -0.05) is 52.1 Å². The Morgan fingerprint density at radius 1 is 1.17 bits per heavy atom. The van der Waals surface area contributed by atoms with Crippen molar-refractivity contribution in [3.05, 3.63) is 67.1 Å². The molecule has 0 aliphatic heterocycles. The highest BCUT2D eigenvalue weighted by Gasteiger charge is 2.12. The Kier molecular flexibility index (Phi) is 7.83. The third-order valence-electron chi connectivity index (χ3n) is 4.82. The van der Waals surface area contributed by atoms with Crippen molar-refractivity contribution in [3.8, 4) is 5.75 Å². The zero-order chi connectivity index (χ0) is 21.7. The van der Waals surface area contributed by atoms with Gasteiger partial charge in [-0.3, -0.25) is 4.79 Å². The first-order chi connectivity index (χ1) is 14.4. The first-order valence-corrected chi connectivity index (χ1v) is 11.7. The fourth-order valence-corrected chi connectivity index (χ4v) is 3.70. The van der Waals surface area contributed by atoms with E-state index in [1.165, 1.54) is 4.68 Å². The van der Waals surface area contributed by atoms with Crippen molar-refractivity contribution >= 4 is 49.0 Å². The molecule has 0 N–H and O–H groups in total. The number of aryl methyl sites for hydroxylation is 1. The van der Waals surface area contributed by atoms with Crippen LogP contribution in [0.2, 0.25) is 0 Å². The van der Waals surface area contributed by atoms with Gasteiger partial charge in [0.25, 0.3) is 5.56 Å². The van der Waals surface area contributed by atoms with E-state index in [4.69, 9.17) is 9.72 Å². The van der Waals surface area contributed by atoms with Gasteiger partial charge in [0.05, 0.1) is 23.2 Å². The second-order valence-corrected chi connectivity index (χ2v) is 9.00.